The molecule has 2 rings (SSSR count). The summed E-state index contributed by atoms with van der Waals surface area (Å²) < 4.78 is 5.11. The molecule has 2 N–H and O–H groups in total. The van der Waals surface area contributed by atoms with Gasteiger partial charge in [0, 0.05) is 18.3 Å². The van der Waals surface area contributed by atoms with Crippen LogP contribution in [0.25, 0.3) is 0 Å². The van der Waals surface area contributed by atoms with Gasteiger partial charge in [-0.3, -0.25) is 4.79 Å². The maximum atomic E-state index is 12.5. The molecule has 0 bridgehead atoms. The number of carbonyl (C=O) groups excluding carboxylic acids is 1. The van der Waals surface area contributed by atoms with E-state index in [-0.39, 0.29) is 5.91 Å². The number of rotatable bonds is 8. The minimum absolute atomic E-state index is 0.291. The number of aromatic nitrogens is 2. The molecule has 0 aliphatic rings. The van der Waals surface area contributed by atoms with E-state index < -0.39 is 0 Å². The number of amides is 1. The van der Waals surface area contributed by atoms with Gasteiger partial charge >= 0.3 is 0 Å². The molecule has 0 fully saturated rings. The van der Waals surface area contributed by atoms with E-state index in [4.69, 9.17) is 16.3 Å². The highest BCUT2D eigenvalue weighted by molar-refractivity contribution is 6.32. The normalized spacial score (nSPS) is 10.7. The van der Waals surface area contributed by atoms with Crippen molar-refractivity contribution in [3.63, 3.8) is 0 Å². The number of hydrogen-bond acceptors (Lipinski definition) is 6. The highest BCUT2D eigenvalue weighted by Gasteiger charge is 2.12. The van der Waals surface area contributed by atoms with E-state index in [0.29, 0.717) is 33.8 Å². The molecule has 7 nitrogen and oxygen atoms in total. The van der Waals surface area contributed by atoms with Crippen LogP contribution in [0.4, 0.5) is 11.5 Å². The van der Waals surface area contributed by atoms with Crippen LogP contribution < -0.4 is 15.4 Å². The predicted octanol–water partition coefficient (Wildman–Crippen LogP) is 3.06. The van der Waals surface area contributed by atoms with E-state index in [1.54, 1.807) is 31.2 Å². The van der Waals surface area contributed by atoms with Gasteiger partial charge in [0.1, 0.15) is 23.1 Å². The highest BCUT2D eigenvalue weighted by Crippen LogP contribution is 2.27. The fraction of sp³-hybridized carbons (Fsp3) is 0.389. The zero-order chi connectivity index (χ0) is 19.1. The SMILES string of the molecule is COc1ccc(NC(=O)c2cc(NCCCN(C)C)nc(C)n2)cc1Cl. The standard InChI is InChI=1S/C18H24ClN5O2/c1-12-21-15(11-17(22-12)20-8-5-9-24(2)3)18(25)23-13-6-7-16(26-4)14(19)10-13/h6-7,10-11H,5,8-9H2,1-4H3,(H,23,25)(H,20,21,22). The summed E-state index contributed by atoms with van der Waals surface area (Å²) in [6, 6.07) is 6.69. The fourth-order valence-corrected chi connectivity index (χ4v) is 2.58. The van der Waals surface area contributed by atoms with Crippen molar-refractivity contribution in [1.82, 2.24) is 14.9 Å². The topological polar surface area (TPSA) is 79.4 Å². The van der Waals surface area contributed by atoms with Crippen LogP contribution in [0.1, 0.15) is 22.7 Å². The van der Waals surface area contributed by atoms with Gasteiger partial charge in [-0.05, 0) is 52.2 Å². The van der Waals surface area contributed by atoms with E-state index in [9.17, 15) is 4.79 Å². The second-order valence-electron chi connectivity index (χ2n) is 6.07. The molecule has 0 radical (unpaired) electrons. The van der Waals surface area contributed by atoms with Crippen molar-refractivity contribution < 1.29 is 9.53 Å². The Bertz CT molecular complexity index is 767. The molecule has 1 heterocycles. The monoisotopic (exact) mass is 377 g/mol. The molecule has 0 atom stereocenters. The fourth-order valence-electron chi connectivity index (χ4n) is 2.33. The second-order valence-corrected chi connectivity index (χ2v) is 6.48. The smallest absolute Gasteiger partial charge is 0.274 e. The van der Waals surface area contributed by atoms with Gasteiger partial charge in [0.2, 0.25) is 0 Å². The molecule has 0 saturated carbocycles. The van der Waals surface area contributed by atoms with Gasteiger partial charge in [0.15, 0.2) is 0 Å². The first-order valence-electron chi connectivity index (χ1n) is 8.28. The molecule has 1 aromatic heterocycles. The van der Waals surface area contributed by atoms with Crippen LogP contribution in [0.2, 0.25) is 5.02 Å². The molecular formula is C18H24ClN5O2. The predicted molar refractivity (Wildman–Crippen MR) is 104 cm³/mol. The quantitative estimate of drug-likeness (QED) is 0.688. The van der Waals surface area contributed by atoms with Crippen molar-refractivity contribution in [3.8, 4) is 5.75 Å². The van der Waals surface area contributed by atoms with E-state index in [2.05, 4.69) is 25.5 Å². The summed E-state index contributed by atoms with van der Waals surface area (Å²) in [6.07, 6.45) is 0.974. The second kappa shape index (κ2) is 9.35. The third-order valence-electron chi connectivity index (χ3n) is 3.57. The van der Waals surface area contributed by atoms with Gasteiger partial charge in [-0.15, -0.1) is 0 Å². The average Bonchev–Trinajstić information content (AvgIpc) is 2.58. The summed E-state index contributed by atoms with van der Waals surface area (Å²) in [6.45, 7) is 3.50. The molecule has 0 aliphatic heterocycles. The van der Waals surface area contributed by atoms with E-state index >= 15 is 0 Å². The van der Waals surface area contributed by atoms with Gasteiger partial charge in [-0.1, -0.05) is 11.6 Å². The third-order valence-corrected chi connectivity index (χ3v) is 3.86. The van der Waals surface area contributed by atoms with Gasteiger partial charge in [0.25, 0.3) is 5.91 Å². The van der Waals surface area contributed by atoms with Crippen LogP contribution in [0, 0.1) is 6.92 Å². The maximum Gasteiger partial charge on any atom is 0.274 e. The number of anilines is 2. The van der Waals surface area contributed by atoms with Crippen molar-refractivity contribution in [2.24, 2.45) is 0 Å². The van der Waals surface area contributed by atoms with E-state index in [0.717, 1.165) is 19.5 Å². The Hall–Kier alpha value is -2.38. The van der Waals surface area contributed by atoms with Crippen molar-refractivity contribution >= 4 is 29.0 Å². The number of aryl methyl sites for hydroxylation is 1. The minimum atomic E-state index is -0.326. The Labute approximate surface area is 158 Å². The van der Waals surface area contributed by atoms with Gasteiger partial charge < -0.3 is 20.3 Å². The van der Waals surface area contributed by atoms with Crippen LogP contribution >= 0.6 is 11.6 Å². The number of nitrogens with one attached hydrogen (secondary N) is 2. The molecule has 1 amide bonds. The first kappa shape index (κ1) is 19.9. The molecule has 8 heteroatoms. The van der Waals surface area contributed by atoms with Crippen LogP contribution in [-0.2, 0) is 0 Å². The molecule has 0 unspecified atom stereocenters. The summed E-state index contributed by atoms with van der Waals surface area (Å²) in [5.41, 5.74) is 0.858. The molecular weight excluding hydrogens is 354 g/mol. The first-order valence-corrected chi connectivity index (χ1v) is 8.66. The molecule has 0 saturated heterocycles. The zero-order valence-electron chi connectivity index (χ0n) is 15.5. The van der Waals surface area contributed by atoms with Crippen LogP contribution in [0.3, 0.4) is 0 Å². The number of benzene rings is 1. The lowest BCUT2D eigenvalue weighted by molar-refractivity contribution is 0.102. The molecule has 26 heavy (non-hydrogen) atoms. The zero-order valence-corrected chi connectivity index (χ0v) is 16.2. The minimum Gasteiger partial charge on any atom is -0.495 e. The van der Waals surface area contributed by atoms with Crippen molar-refractivity contribution in [1.29, 1.82) is 0 Å². The number of carbonyl (C=O) groups is 1. The number of methoxy groups -OCH3 is 1. The lowest BCUT2D eigenvalue weighted by Gasteiger charge is -2.12. The largest absolute Gasteiger partial charge is 0.495 e. The highest BCUT2D eigenvalue weighted by atomic mass is 35.5. The summed E-state index contributed by atoms with van der Waals surface area (Å²) in [7, 11) is 5.60. The van der Waals surface area contributed by atoms with E-state index in [1.807, 2.05) is 14.1 Å². The Kier molecular flexibility index (Phi) is 7.17. The molecule has 0 aliphatic carbocycles. The Morgan fingerprint density at radius 1 is 1.27 bits per heavy atom. The van der Waals surface area contributed by atoms with Gasteiger partial charge in [-0.25, -0.2) is 9.97 Å². The summed E-state index contributed by atoms with van der Waals surface area (Å²) in [5, 5.41) is 6.44. The Morgan fingerprint density at radius 2 is 2.04 bits per heavy atom. The summed E-state index contributed by atoms with van der Waals surface area (Å²) >= 11 is 6.09. The van der Waals surface area contributed by atoms with Crippen LogP contribution in [-0.4, -0.2) is 55.1 Å². The molecule has 140 valence electrons. The van der Waals surface area contributed by atoms with Crippen LogP contribution in [0.5, 0.6) is 5.75 Å². The average molecular weight is 378 g/mol. The summed E-state index contributed by atoms with van der Waals surface area (Å²) in [5.74, 6) is 1.38. The summed E-state index contributed by atoms with van der Waals surface area (Å²) in [4.78, 5) is 23.1. The number of hydrogen-bond donors (Lipinski definition) is 2. The molecule has 2 aromatic rings. The van der Waals surface area contributed by atoms with Gasteiger partial charge in [0.05, 0.1) is 12.1 Å². The van der Waals surface area contributed by atoms with Gasteiger partial charge in [-0.2, -0.15) is 0 Å². The van der Waals surface area contributed by atoms with Crippen LogP contribution in [0.15, 0.2) is 24.3 Å². The van der Waals surface area contributed by atoms with E-state index in [1.165, 1.54) is 7.11 Å². The first-order chi connectivity index (χ1) is 12.4. The lowest BCUT2D eigenvalue weighted by Crippen LogP contribution is -2.18. The van der Waals surface area contributed by atoms with Crippen molar-refractivity contribution in [2.75, 3.05) is 44.9 Å². The van der Waals surface area contributed by atoms with Crippen molar-refractivity contribution in [2.45, 2.75) is 13.3 Å². The lowest BCUT2D eigenvalue weighted by atomic mass is 10.2. The number of halogens is 1. The molecule has 1 aromatic carbocycles. The molecule has 0 spiro atoms. The van der Waals surface area contributed by atoms with Crippen molar-refractivity contribution in [3.05, 3.63) is 40.8 Å². The third kappa shape index (κ3) is 5.86. The Balaban J connectivity index is 2.05. The number of nitrogens with zero attached hydrogens (tertiary/aromatic N) is 3. The number of ether oxygens (including phenoxy) is 1. The Morgan fingerprint density at radius 3 is 2.69 bits per heavy atom. The maximum absolute atomic E-state index is 12.5.